The van der Waals surface area contributed by atoms with Crippen molar-refractivity contribution in [2.45, 2.75) is 46.2 Å². The van der Waals surface area contributed by atoms with Gasteiger partial charge in [0, 0.05) is 12.6 Å². The van der Waals surface area contributed by atoms with Crippen LogP contribution in [0, 0.1) is 5.41 Å². The smallest absolute Gasteiger partial charge is 0.287 e. The lowest BCUT2D eigenvalue weighted by Crippen LogP contribution is -2.24. The fraction of sp³-hybridized carbons (Fsp3) is 0.667. The monoisotopic (exact) mass is 255 g/mol. The van der Waals surface area contributed by atoms with Gasteiger partial charge in [0.25, 0.3) is 5.56 Å². The lowest BCUT2D eigenvalue weighted by Gasteiger charge is -2.10. The summed E-state index contributed by atoms with van der Waals surface area (Å²) < 4.78 is 1.41. The molecule has 1 aromatic rings. The maximum atomic E-state index is 11.9. The Balaban J connectivity index is 2.20. The van der Waals surface area contributed by atoms with Gasteiger partial charge in [-0.25, -0.2) is 4.68 Å². The first-order chi connectivity index (χ1) is 7.95. The van der Waals surface area contributed by atoms with Crippen molar-refractivity contribution in [3.63, 3.8) is 0 Å². The maximum Gasteiger partial charge on any atom is 0.287 e. The summed E-state index contributed by atoms with van der Waals surface area (Å²) in [5.41, 5.74) is 0.735. The van der Waals surface area contributed by atoms with Crippen molar-refractivity contribution >= 4 is 17.3 Å². The van der Waals surface area contributed by atoms with Gasteiger partial charge in [-0.2, -0.15) is 5.10 Å². The largest absolute Gasteiger partial charge is 0.379 e. The average molecular weight is 256 g/mol. The van der Waals surface area contributed by atoms with Crippen LogP contribution in [0.4, 0.5) is 5.69 Å². The van der Waals surface area contributed by atoms with E-state index in [1.807, 2.05) is 6.92 Å². The fourth-order valence-electron chi connectivity index (χ4n) is 1.84. The van der Waals surface area contributed by atoms with Gasteiger partial charge in [0.2, 0.25) is 0 Å². The third-order valence-corrected chi connectivity index (χ3v) is 3.63. The highest BCUT2D eigenvalue weighted by molar-refractivity contribution is 6.32. The van der Waals surface area contributed by atoms with Gasteiger partial charge < -0.3 is 5.32 Å². The van der Waals surface area contributed by atoms with E-state index in [-0.39, 0.29) is 10.6 Å². The Morgan fingerprint density at radius 1 is 1.65 bits per heavy atom. The molecule has 1 fully saturated rings. The second-order valence-corrected chi connectivity index (χ2v) is 5.67. The topological polar surface area (TPSA) is 46.9 Å². The maximum absolute atomic E-state index is 11.9. The summed E-state index contributed by atoms with van der Waals surface area (Å²) in [5.74, 6) is 0. The van der Waals surface area contributed by atoms with E-state index >= 15 is 0 Å². The number of nitrogens with one attached hydrogen (secondary N) is 1. The van der Waals surface area contributed by atoms with E-state index in [4.69, 9.17) is 11.6 Å². The van der Waals surface area contributed by atoms with Gasteiger partial charge in [-0.05, 0) is 18.3 Å². The summed E-state index contributed by atoms with van der Waals surface area (Å²) in [7, 11) is 0. The van der Waals surface area contributed by atoms with Crippen LogP contribution in [0.5, 0.6) is 0 Å². The van der Waals surface area contributed by atoms with Crippen LogP contribution in [0.15, 0.2) is 11.0 Å². The SMILES string of the molecule is CCCn1ncc(NC2CC2(C)C)c(Cl)c1=O. The zero-order valence-corrected chi connectivity index (χ0v) is 11.2. The Morgan fingerprint density at radius 3 is 2.82 bits per heavy atom. The Labute approximate surface area is 106 Å². The van der Waals surface area contributed by atoms with Gasteiger partial charge in [0.15, 0.2) is 0 Å². The van der Waals surface area contributed by atoms with Gasteiger partial charge >= 0.3 is 0 Å². The normalized spacial score (nSPS) is 21.3. The highest BCUT2D eigenvalue weighted by Gasteiger charge is 2.45. The number of hydrogen-bond donors (Lipinski definition) is 1. The zero-order chi connectivity index (χ0) is 12.6. The van der Waals surface area contributed by atoms with Crippen LogP contribution < -0.4 is 10.9 Å². The summed E-state index contributed by atoms with van der Waals surface area (Å²) in [4.78, 5) is 11.9. The van der Waals surface area contributed by atoms with Crippen LogP contribution in [-0.2, 0) is 6.54 Å². The summed E-state index contributed by atoms with van der Waals surface area (Å²) in [6.45, 7) is 6.98. The first kappa shape index (κ1) is 12.4. The van der Waals surface area contributed by atoms with Crippen molar-refractivity contribution in [3.05, 3.63) is 21.6 Å². The molecule has 1 atom stereocenters. The predicted molar refractivity (Wildman–Crippen MR) is 69.6 cm³/mol. The minimum absolute atomic E-state index is 0.211. The molecule has 1 aromatic heterocycles. The predicted octanol–water partition coefficient (Wildman–Crippen LogP) is 2.52. The van der Waals surface area contributed by atoms with Crippen molar-refractivity contribution in [1.82, 2.24) is 9.78 Å². The van der Waals surface area contributed by atoms with Gasteiger partial charge in [0.1, 0.15) is 5.02 Å². The second kappa shape index (κ2) is 4.33. The molecule has 1 aliphatic carbocycles. The molecular weight excluding hydrogens is 238 g/mol. The molecule has 0 bridgehead atoms. The van der Waals surface area contributed by atoms with Crippen molar-refractivity contribution < 1.29 is 0 Å². The molecule has 0 amide bonds. The standard InChI is InChI=1S/C12H18ClN3O/c1-4-5-16-11(17)10(13)8(7-14-16)15-9-6-12(9,2)3/h7,9,15H,4-6H2,1-3H3. The number of rotatable bonds is 4. The Bertz CT molecular complexity index is 481. The Hall–Kier alpha value is -1.03. The number of aryl methyl sites for hydroxylation is 1. The molecule has 1 saturated carbocycles. The van der Waals surface area contributed by atoms with E-state index in [1.54, 1.807) is 6.20 Å². The number of aromatic nitrogens is 2. The highest BCUT2D eigenvalue weighted by atomic mass is 35.5. The van der Waals surface area contributed by atoms with Crippen LogP contribution in [0.1, 0.15) is 33.6 Å². The number of nitrogens with zero attached hydrogens (tertiary/aromatic N) is 2. The molecule has 0 saturated heterocycles. The van der Waals surface area contributed by atoms with E-state index in [0.29, 0.717) is 23.7 Å². The van der Waals surface area contributed by atoms with Crippen LogP contribution in [0.3, 0.4) is 0 Å². The van der Waals surface area contributed by atoms with Gasteiger partial charge in [-0.1, -0.05) is 32.4 Å². The third kappa shape index (κ3) is 2.46. The molecular formula is C12H18ClN3O. The molecule has 0 aromatic carbocycles. The first-order valence-electron chi connectivity index (χ1n) is 5.98. The van der Waals surface area contributed by atoms with Crippen LogP contribution in [0.25, 0.3) is 0 Å². The van der Waals surface area contributed by atoms with E-state index in [1.165, 1.54) is 4.68 Å². The highest BCUT2D eigenvalue weighted by Crippen LogP contribution is 2.46. The number of anilines is 1. The molecule has 0 spiro atoms. The van der Waals surface area contributed by atoms with Crippen molar-refractivity contribution in [3.8, 4) is 0 Å². The molecule has 4 nitrogen and oxygen atoms in total. The lowest BCUT2D eigenvalue weighted by molar-refractivity contribution is 0.568. The zero-order valence-electron chi connectivity index (χ0n) is 10.5. The Kier molecular flexibility index (Phi) is 3.17. The molecule has 17 heavy (non-hydrogen) atoms. The summed E-state index contributed by atoms with van der Waals surface area (Å²) in [6.07, 6.45) is 3.61. The van der Waals surface area contributed by atoms with Crippen LogP contribution in [-0.4, -0.2) is 15.8 Å². The van der Waals surface area contributed by atoms with Gasteiger partial charge in [-0.15, -0.1) is 0 Å². The molecule has 2 rings (SSSR count). The summed E-state index contributed by atoms with van der Waals surface area (Å²) in [5, 5.41) is 7.64. The van der Waals surface area contributed by atoms with E-state index in [0.717, 1.165) is 12.8 Å². The molecule has 1 N–H and O–H groups in total. The minimum Gasteiger partial charge on any atom is -0.379 e. The molecule has 1 unspecified atom stereocenters. The quantitative estimate of drug-likeness (QED) is 0.899. The van der Waals surface area contributed by atoms with Crippen molar-refractivity contribution in [1.29, 1.82) is 0 Å². The van der Waals surface area contributed by atoms with Gasteiger partial charge in [-0.3, -0.25) is 4.79 Å². The van der Waals surface area contributed by atoms with Crippen LogP contribution >= 0.6 is 11.6 Å². The van der Waals surface area contributed by atoms with Crippen molar-refractivity contribution in [2.24, 2.45) is 5.41 Å². The molecule has 5 heteroatoms. The first-order valence-corrected chi connectivity index (χ1v) is 6.35. The van der Waals surface area contributed by atoms with Gasteiger partial charge in [0.05, 0.1) is 11.9 Å². The minimum atomic E-state index is -0.211. The molecule has 1 aliphatic rings. The number of hydrogen-bond acceptors (Lipinski definition) is 3. The van der Waals surface area contributed by atoms with Crippen LogP contribution in [0.2, 0.25) is 5.02 Å². The third-order valence-electron chi connectivity index (χ3n) is 3.26. The molecule has 0 radical (unpaired) electrons. The fourth-order valence-corrected chi connectivity index (χ4v) is 2.04. The van der Waals surface area contributed by atoms with Crippen molar-refractivity contribution in [2.75, 3.05) is 5.32 Å². The molecule has 0 aliphatic heterocycles. The van der Waals surface area contributed by atoms with E-state index in [2.05, 4.69) is 24.3 Å². The molecule has 94 valence electrons. The van der Waals surface area contributed by atoms with E-state index in [9.17, 15) is 4.79 Å². The average Bonchev–Trinajstić information content (AvgIpc) is 2.86. The number of halogens is 1. The second-order valence-electron chi connectivity index (χ2n) is 5.29. The Morgan fingerprint density at radius 2 is 2.29 bits per heavy atom. The molecule has 1 heterocycles. The lowest BCUT2D eigenvalue weighted by atomic mass is 10.2. The summed E-state index contributed by atoms with van der Waals surface area (Å²) >= 11 is 6.06. The van der Waals surface area contributed by atoms with E-state index < -0.39 is 0 Å². The summed E-state index contributed by atoms with van der Waals surface area (Å²) in [6, 6.07) is 0.392.